The monoisotopic (exact) mass is 229 g/mol. The van der Waals surface area contributed by atoms with Gasteiger partial charge in [-0.15, -0.1) is 0 Å². The van der Waals surface area contributed by atoms with Crippen molar-refractivity contribution < 1.29 is 0 Å². The summed E-state index contributed by atoms with van der Waals surface area (Å²) >= 11 is 0. The summed E-state index contributed by atoms with van der Waals surface area (Å²) in [6, 6.07) is 8.76. The highest BCUT2D eigenvalue weighted by atomic mass is 14.6. The summed E-state index contributed by atoms with van der Waals surface area (Å²) in [5.74, 6) is 0.570. The highest BCUT2D eigenvalue weighted by molar-refractivity contribution is 6.09. The fourth-order valence-corrected chi connectivity index (χ4v) is 1.76. The first kappa shape index (κ1) is 13.7. The Morgan fingerprint density at radius 2 is 2.12 bits per heavy atom. The molecule has 17 heavy (non-hydrogen) atoms. The van der Waals surface area contributed by atoms with Gasteiger partial charge in [0.2, 0.25) is 0 Å². The van der Waals surface area contributed by atoms with Crippen LogP contribution < -0.4 is 0 Å². The molecule has 1 aromatic carbocycles. The standard InChI is InChI=1S/C16H23N/c1-5-6-8-16(12-17-4)15-10-7-9-14(11-15)13(2)3/h7-13H,5-6H2,1-4H3/b16-8+,17-12?. The first-order valence-electron chi connectivity index (χ1n) is 6.41. The van der Waals surface area contributed by atoms with E-state index in [4.69, 9.17) is 0 Å². The molecule has 0 unspecified atom stereocenters. The third kappa shape index (κ3) is 4.18. The number of hydrogen-bond donors (Lipinski definition) is 0. The summed E-state index contributed by atoms with van der Waals surface area (Å²) in [6.07, 6.45) is 6.50. The van der Waals surface area contributed by atoms with Crippen LogP contribution >= 0.6 is 0 Å². The van der Waals surface area contributed by atoms with Gasteiger partial charge in [-0.05, 0) is 29.0 Å². The van der Waals surface area contributed by atoms with Crippen LogP contribution in [-0.2, 0) is 0 Å². The van der Waals surface area contributed by atoms with Crippen LogP contribution in [0.1, 0.15) is 50.7 Å². The second-order valence-electron chi connectivity index (χ2n) is 4.62. The van der Waals surface area contributed by atoms with E-state index in [0.717, 1.165) is 6.42 Å². The van der Waals surface area contributed by atoms with Gasteiger partial charge >= 0.3 is 0 Å². The lowest BCUT2D eigenvalue weighted by Gasteiger charge is -2.08. The summed E-state index contributed by atoms with van der Waals surface area (Å²) in [5.41, 5.74) is 3.89. The third-order valence-corrected chi connectivity index (χ3v) is 2.81. The first-order chi connectivity index (χ1) is 8.19. The molecule has 0 aliphatic heterocycles. The van der Waals surface area contributed by atoms with Crippen molar-refractivity contribution in [2.45, 2.75) is 39.5 Å². The van der Waals surface area contributed by atoms with Gasteiger partial charge in [-0.25, -0.2) is 0 Å². The first-order valence-corrected chi connectivity index (χ1v) is 6.41. The zero-order valence-electron chi connectivity index (χ0n) is 11.4. The van der Waals surface area contributed by atoms with Crippen LogP contribution in [0.25, 0.3) is 5.57 Å². The van der Waals surface area contributed by atoms with E-state index in [1.165, 1.54) is 23.1 Å². The van der Waals surface area contributed by atoms with Crippen molar-refractivity contribution in [1.29, 1.82) is 0 Å². The van der Waals surface area contributed by atoms with Crippen LogP contribution in [0.5, 0.6) is 0 Å². The van der Waals surface area contributed by atoms with Crippen molar-refractivity contribution in [3.8, 4) is 0 Å². The van der Waals surface area contributed by atoms with Crippen molar-refractivity contribution in [3.05, 3.63) is 41.5 Å². The molecule has 0 saturated heterocycles. The molecule has 0 saturated carbocycles. The number of unbranched alkanes of at least 4 members (excludes halogenated alkanes) is 1. The van der Waals surface area contributed by atoms with Gasteiger partial charge in [0.05, 0.1) is 0 Å². The number of aliphatic imine (C=N–C) groups is 1. The molecule has 0 aliphatic rings. The van der Waals surface area contributed by atoms with Crippen LogP contribution in [0.15, 0.2) is 35.3 Å². The molecule has 0 aliphatic carbocycles. The number of benzene rings is 1. The molecule has 0 spiro atoms. The van der Waals surface area contributed by atoms with Gasteiger partial charge in [0.25, 0.3) is 0 Å². The lowest BCUT2D eigenvalue weighted by molar-refractivity contribution is 0.866. The number of nitrogens with zero attached hydrogens (tertiary/aromatic N) is 1. The van der Waals surface area contributed by atoms with Crippen LogP contribution in [0, 0.1) is 0 Å². The van der Waals surface area contributed by atoms with Crippen LogP contribution in [0.3, 0.4) is 0 Å². The fourth-order valence-electron chi connectivity index (χ4n) is 1.76. The summed E-state index contributed by atoms with van der Waals surface area (Å²) < 4.78 is 0. The van der Waals surface area contributed by atoms with Gasteiger partial charge < -0.3 is 0 Å². The molecule has 0 bridgehead atoms. The minimum Gasteiger partial charge on any atom is -0.296 e. The maximum Gasteiger partial charge on any atom is 0.0284 e. The Hall–Kier alpha value is -1.37. The molecule has 0 heterocycles. The number of rotatable bonds is 5. The maximum absolute atomic E-state index is 4.15. The zero-order valence-corrected chi connectivity index (χ0v) is 11.4. The van der Waals surface area contributed by atoms with Crippen LogP contribution in [0.4, 0.5) is 0 Å². The number of allylic oxidation sites excluding steroid dienone is 2. The topological polar surface area (TPSA) is 12.4 Å². The summed E-state index contributed by atoms with van der Waals surface area (Å²) in [7, 11) is 1.83. The largest absolute Gasteiger partial charge is 0.296 e. The third-order valence-electron chi connectivity index (χ3n) is 2.81. The number of hydrogen-bond acceptors (Lipinski definition) is 1. The average molecular weight is 229 g/mol. The van der Waals surface area contributed by atoms with E-state index in [1.54, 1.807) is 0 Å². The van der Waals surface area contributed by atoms with Crippen molar-refractivity contribution >= 4 is 11.8 Å². The predicted octanol–water partition coefficient (Wildman–Crippen LogP) is 4.69. The van der Waals surface area contributed by atoms with Crippen molar-refractivity contribution in [3.63, 3.8) is 0 Å². The fraction of sp³-hybridized carbons (Fsp3) is 0.438. The highest BCUT2D eigenvalue weighted by Crippen LogP contribution is 2.20. The van der Waals surface area contributed by atoms with Gasteiger partial charge in [0, 0.05) is 13.3 Å². The van der Waals surface area contributed by atoms with Crippen molar-refractivity contribution in [2.75, 3.05) is 7.05 Å². The molecule has 0 aromatic heterocycles. The molecule has 1 aromatic rings. The summed E-state index contributed by atoms with van der Waals surface area (Å²) in [4.78, 5) is 4.15. The van der Waals surface area contributed by atoms with E-state index in [1.807, 2.05) is 13.3 Å². The van der Waals surface area contributed by atoms with E-state index in [-0.39, 0.29) is 0 Å². The summed E-state index contributed by atoms with van der Waals surface area (Å²) in [5, 5.41) is 0. The second kappa shape index (κ2) is 7.05. The molecular weight excluding hydrogens is 206 g/mol. The Bertz CT molecular complexity index is 400. The van der Waals surface area contributed by atoms with Gasteiger partial charge in [-0.1, -0.05) is 57.5 Å². The van der Waals surface area contributed by atoms with Crippen LogP contribution in [-0.4, -0.2) is 13.3 Å². The second-order valence-corrected chi connectivity index (χ2v) is 4.62. The van der Waals surface area contributed by atoms with Gasteiger partial charge in [-0.3, -0.25) is 4.99 Å². The molecule has 1 heteroatoms. The molecule has 92 valence electrons. The Balaban J connectivity index is 3.06. The highest BCUT2D eigenvalue weighted by Gasteiger charge is 2.02. The lowest BCUT2D eigenvalue weighted by Crippen LogP contribution is -1.92. The minimum absolute atomic E-state index is 0.570. The maximum atomic E-state index is 4.15. The SMILES string of the molecule is CCC/C=C(\C=NC)c1cccc(C(C)C)c1. The minimum atomic E-state index is 0.570. The Morgan fingerprint density at radius 3 is 2.71 bits per heavy atom. The van der Waals surface area contributed by atoms with E-state index in [9.17, 15) is 0 Å². The van der Waals surface area contributed by atoms with Gasteiger partial charge in [-0.2, -0.15) is 0 Å². The molecular formula is C16H23N. The average Bonchev–Trinajstić information content (AvgIpc) is 2.34. The Morgan fingerprint density at radius 1 is 1.35 bits per heavy atom. The van der Waals surface area contributed by atoms with Gasteiger partial charge in [0.15, 0.2) is 0 Å². The zero-order chi connectivity index (χ0) is 12.7. The molecule has 0 amide bonds. The molecule has 0 N–H and O–H groups in total. The smallest absolute Gasteiger partial charge is 0.0284 e. The molecule has 1 nitrogen and oxygen atoms in total. The van der Waals surface area contributed by atoms with E-state index in [0.29, 0.717) is 5.92 Å². The lowest BCUT2D eigenvalue weighted by atomic mass is 9.97. The van der Waals surface area contributed by atoms with Crippen LogP contribution in [0.2, 0.25) is 0 Å². The van der Waals surface area contributed by atoms with E-state index < -0.39 is 0 Å². The molecule has 0 radical (unpaired) electrons. The normalized spacial score (nSPS) is 12.6. The predicted molar refractivity (Wildman–Crippen MR) is 77.8 cm³/mol. The van der Waals surface area contributed by atoms with Crippen molar-refractivity contribution in [1.82, 2.24) is 0 Å². The van der Waals surface area contributed by atoms with Gasteiger partial charge in [0.1, 0.15) is 0 Å². The molecule has 1 rings (SSSR count). The Kier molecular flexibility index (Phi) is 5.68. The van der Waals surface area contributed by atoms with Crippen molar-refractivity contribution in [2.24, 2.45) is 4.99 Å². The quantitative estimate of drug-likeness (QED) is 0.649. The summed E-state index contributed by atoms with van der Waals surface area (Å²) in [6.45, 7) is 6.65. The van der Waals surface area contributed by atoms with E-state index >= 15 is 0 Å². The Labute approximate surface area is 105 Å². The van der Waals surface area contributed by atoms with E-state index in [2.05, 4.69) is 56.1 Å². The molecule has 0 atom stereocenters. The molecule has 0 fully saturated rings.